The van der Waals surface area contributed by atoms with Gasteiger partial charge in [-0.1, -0.05) is 6.07 Å². The van der Waals surface area contributed by atoms with Gasteiger partial charge in [0.2, 0.25) is 0 Å². The Bertz CT molecular complexity index is 363. The van der Waals surface area contributed by atoms with E-state index in [9.17, 15) is 4.79 Å². The number of aromatic amines is 1. The Hall–Kier alpha value is -1.09. The van der Waals surface area contributed by atoms with E-state index in [4.69, 9.17) is 5.73 Å². The Morgan fingerprint density at radius 2 is 2.23 bits per heavy atom. The molecule has 1 aromatic rings. The third kappa shape index (κ3) is 1.65. The molecule has 1 unspecified atom stereocenters. The predicted octanol–water partition coefficient (Wildman–Crippen LogP) is 1.27. The first kappa shape index (κ1) is 8.51. The quantitative estimate of drug-likeness (QED) is 0.716. The summed E-state index contributed by atoms with van der Waals surface area (Å²) in [6.07, 6.45) is 2.40. The molecular formula is C10H14N2O. The Balaban J connectivity index is 2.37. The third-order valence-corrected chi connectivity index (χ3v) is 2.47. The van der Waals surface area contributed by atoms with Crippen LogP contribution in [0.1, 0.15) is 43.0 Å². The van der Waals surface area contributed by atoms with Gasteiger partial charge in [0.15, 0.2) is 0 Å². The normalized spacial score (nSPS) is 18.6. The van der Waals surface area contributed by atoms with Gasteiger partial charge in [0.05, 0.1) is 0 Å². The van der Waals surface area contributed by atoms with Crippen LogP contribution in [0.4, 0.5) is 0 Å². The highest BCUT2D eigenvalue weighted by molar-refractivity contribution is 5.21. The minimum absolute atomic E-state index is 0.0283. The lowest BCUT2D eigenvalue weighted by Gasteiger charge is -2.05. The molecule has 0 radical (unpaired) electrons. The van der Waals surface area contributed by atoms with Gasteiger partial charge in [-0.3, -0.25) is 4.79 Å². The highest BCUT2D eigenvalue weighted by Gasteiger charge is 2.24. The molecule has 0 amide bonds. The van der Waals surface area contributed by atoms with Crippen LogP contribution in [-0.4, -0.2) is 4.98 Å². The number of hydrogen-bond donors (Lipinski definition) is 2. The van der Waals surface area contributed by atoms with E-state index in [1.165, 1.54) is 12.8 Å². The molecule has 1 fully saturated rings. The maximum atomic E-state index is 11.5. The zero-order valence-electron chi connectivity index (χ0n) is 7.71. The Labute approximate surface area is 77.0 Å². The SMILES string of the molecule is CC(N)c1ccc(C2CC2)[nH]c1=O. The van der Waals surface area contributed by atoms with E-state index in [1.54, 1.807) is 0 Å². The van der Waals surface area contributed by atoms with Crippen molar-refractivity contribution in [3.05, 3.63) is 33.7 Å². The molecule has 1 atom stereocenters. The molecule has 70 valence electrons. The number of H-pyrrole nitrogens is 1. The molecule has 0 bridgehead atoms. The minimum Gasteiger partial charge on any atom is -0.326 e. The second kappa shape index (κ2) is 3.00. The van der Waals surface area contributed by atoms with Crippen molar-refractivity contribution in [2.75, 3.05) is 0 Å². The van der Waals surface area contributed by atoms with Crippen LogP contribution in [0.3, 0.4) is 0 Å². The third-order valence-electron chi connectivity index (χ3n) is 2.47. The largest absolute Gasteiger partial charge is 0.326 e. The van der Waals surface area contributed by atoms with Crippen molar-refractivity contribution in [1.29, 1.82) is 0 Å². The number of aromatic nitrogens is 1. The van der Waals surface area contributed by atoms with E-state index < -0.39 is 0 Å². The lowest BCUT2D eigenvalue weighted by Crippen LogP contribution is -2.20. The van der Waals surface area contributed by atoms with Crippen LogP contribution >= 0.6 is 0 Å². The minimum atomic E-state index is -0.183. The summed E-state index contributed by atoms with van der Waals surface area (Å²) in [5.74, 6) is 0.592. The van der Waals surface area contributed by atoms with Gasteiger partial charge in [0.25, 0.3) is 5.56 Å². The molecule has 0 aromatic carbocycles. The van der Waals surface area contributed by atoms with Crippen LogP contribution in [0.5, 0.6) is 0 Å². The second-order valence-corrected chi connectivity index (χ2v) is 3.76. The first-order valence-electron chi connectivity index (χ1n) is 4.67. The molecule has 0 saturated heterocycles. The van der Waals surface area contributed by atoms with Crippen molar-refractivity contribution < 1.29 is 0 Å². The van der Waals surface area contributed by atoms with Crippen molar-refractivity contribution in [3.63, 3.8) is 0 Å². The average Bonchev–Trinajstić information content (AvgIpc) is 2.85. The van der Waals surface area contributed by atoms with Crippen molar-refractivity contribution in [2.45, 2.75) is 31.7 Å². The van der Waals surface area contributed by atoms with Gasteiger partial charge < -0.3 is 10.7 Å². The fourth-order valence-corrected chi connectivity index (χ4v) is 1.49. The van der Waals surface area contributed by atoms with E-state index in [-0.39, 0.29) is 11.6 Å². The molecule has 13 heavy (non-hydrogen) atoms. The second-order valence-electron chi connectivity index (χ2n) is 3.76. The molecule has 0 aliphatic heterocycles. The monoisotopic (exact) mass is 178 g/mol. The Morgan fingerprint density at radius 1 is 1.54 bits per heavy atom. The molecule has 2 rings (SSSR count). The first-order valence-corrected chi connectivity index (χ1v) is 4.67. The zero-order valence-corrected chi connectivity index (χ0v) is 7.71. The van der Waals surface area contributed by atoms with Gasteiger partial charge >= 0.3 is 0 Å². The summed E-state index contributed by atoms with van der Waals surface area (Å²) in [4.78, 5) is 14.4. The number of rotatable bonds is 2. The smallest absolute Gasteiger partial charge is 0.252 e. The lowest BCUT2D eigenvalue weighted by molar-refractivity contribution is 0.793. The van der Waals surface area contributed by atoms with E-state index in [2.05, 4.69) is 4.98 Å². The molecule has 3 heteroatoms. The van der Waals surface area contributed by atoms with E-state index in [0.717, 1.165) is 5.69 Å². The number of nitrogens with two attached hydrogens (primary N) is 1. The molecule has 3 N–H and O–H groups in total. The standard InChI is InChI=1S/C10H14N2O/c1-6(11)8-4-5-9(7-2-3-7)12-10(8)13/h4-7H,2-3,11H2,1H3,(H,12,13). The average molecular weight is 178 g/mol. The predicted molar refractivity (Wildman–Crippen MR) is 51.6 cm³/mol. The highest BCUT2D eigenvalue weighted by atomic mass is 16.1. The van der Waals surface area contributed by atoms with Crippen LogP contribution in [0.25, 0.3) is 0 Å². The van der Waals surface area contributed by atoms with Gasteiger partial charge in [0, 0.05) is 17.3 Å². The van der Waals surface area contributed by atoms with Gasteiger partial charge in [-0.2, -0.15) is 0 Å². The first-order chi connectivity index (χ1) is 6.18. The van der Waals surface area contributed by atoms with Gasteiger partial charge in [-0.05, 0) is 31.7 Å². The molecule has 0 spiro atoms. The summed E-state index contributed by atoms with van der Waals surface area (Å²) in [5, 5.41) is 0. The van der Waals surface area contributed by atoms with E-state index in [0.29, 0.717) is 11.5 Å². The van der Waals surface area contributed by atoms with E-state index >= 15 is 0 Å². The summed E-state index contributed by atoms with van der Waals surface area (Å²) in [6.45, 7) is 1.82. The summed E-state index contributed by atoms with van der Waals surface area (Å²) in [7, 11) is 0. The van der Waals surface area contributed by atoms with Crippen LogP contribution in [0, 0.1) is 0 Å². The maximum absolute atomic E-state index is 11.5. The molecule has 3 nitrogen and oxygen atoms in total. The number of nitrogens with one attached hydrogen (secondary N) is 1. The van der Waals surface area contributed by atoms with Crippen LogP contribution in [0.2, 0.25) is 0 Å². The highest BCUT2D eigenvalue weighted by Crippen LogP contribution is 2.38. The molecule has 1 aromatic heterocycles. The molecule has 1 aliphatic carbocycles. The van der Waals surface area contributed by atoms with E-state index in [1.807, 2.05) is 19.1 Å². The van der Waals surface area contributed by atoms with Crippen molar-refractivity contribution in [1.82, 2.24) is 4.98 Å². The fourth-order valence-electron chi connectivity index (χ4n) is 1.49. The summed E-state index contributed by atoms with van der Waals surface area (Å²) in [5.41, 5.74) is 7.34. The number of hydrogen-bond acceptors (Lipinski definition) is 2. The number of pyridine rings is 1. The molecule has 1 heterocycles. The molecular weight excluding hydrogens is 164 g/mol. The summed E-state index contributed by atoms with van der Waals surface area (Å²) >= 11 is 0. The van der Waals surface area contributed by atoms with Crippen molar-refractivity contribution in [3.8, 4) is 0 Å². The Kier molecular flexibility index (Phi) is 1.96. The van der Waals surface area contributed by atoms with Gasteiger partial charge in [0.1, 0.15) is 0 Å². The maximum Gasteiger partial charge on any atom is 0.252 e. The van der Waals surface area contributed by atoms with Crippen molar-refractivity contribution >= 4 is 0 Å². The summed E-state index contributed by atoms with van der Waals surface area (Å²) < 4.78 is 0. The van der Waals surface area contributed by atoms with Crippen LogP contribution in [0.15, 0.2) is 16.9 Å². The summed E-state index contributed by atoms with van der Waals surface area (Å²) in [6, 6.07) is 3.64. The lowest BCUT2D eigenvalue weighted by atomic mass is 10.1. The Morgan fingerprint density at radius 3 is 2.69 bits per heavy atom. The van der Waals surface area contributed by atoms with Gasteiger partial charge in [-0.15, -0.1) is 0 Å². The fraction of sp³-hybridized carbons (Fsp3) is 0.500. The molecule has 1 saturated carbocycles. The molecule has 1 aliphatic rings. The topological polar surface area (TPSA) is 58.9 Å². The van der Waals surface area contributed by atoms with Crippen LogP contribution < -0.4 is 11.3 Å². The van der Waals surface area contributed by atoms with Crippen LogP contribution in [-0.2, 0) is 0 Å². The zero-order chi connectivity index (χ0) is 9.42. The van der Waals surface area contributed by atoms with Gasteiger partial charge in [-0.25, -0.2) is 0 Å². The van der Waals surface area contributed by atoms with Crippen molar-refractivity contribution in [2.24, 2.45) is 5.73 Å².